The number of nitrogens with zero attached hydrogens (tertiary/aromatic N) is 1. The number of hydrogen-bond donors (Lipinski definition) is 0. The summed E-state index contributed by atoms with van der Waals surface area (Å²) in [7, 11) is 0. The van der Waals surface area contributed by atoms with Gasteiger partial charge in [0.25, 0.3) is 0 Å². The summed E-state index contributed by atoms with van der Waals surface area (Å²) in [5.74, 6) is 0. The Kier molecular flexibility index (Phi) is 3.18. The first-order chi connectivity index (χ1) is 6.75. The second kappa shape index (κ2) is 4.40. The molecule has 1 aromatic heterocycles. The topological polar surface area (TPSA) is 12.9 Å². The maximum absolute atomic E-state index is 4.33. The zero-order valence-electron chi connectivity index (χ0n) is 7.24. The predicted octanol–water partition coefficient (Wildman–Crippen LogP) is 4.12. The van der Waals surface area contributed by atoms with Gasteiger partial charge >= 0.3 is 0 Å². The van der Waals surface area contributed by atoms with E-state index < -0.39 is 0 Å². The van der Waals surface area contributed by atoms with Gasteiger partial charge in [0.2, 0.25) is 0 Å². The molecule has 0 fully saturated rings. The van der Waals surface area contributed by atoms with Crippen LogP contribution in [0, 0.1) is 3.57 Å². The van der Waals surface area contributed by atoms with Crippen LogP contribution in [-0.4, -0.2) is 4.98 Å². The first-order valence-corrected chi connectivity index (χ1v) is 6.00. The second-order valence-electron chi connectivity index (χ2n) is 2.87. The summed E-state index contributed by atoms with van der Waals surface area (Å²) in [6, 6.07) is 12.3. The van der Waals surface area contributed by atoms with Gasteiger partial charge in [-0.2, -0.15) is 0 Å². The molecule has 0 bridgehead atoms. The summed E-state index contributed by atoms with van der Waals surface area (Å²) in [6.07, 6.45) is 1.81. The second-order valence-corrected chi connectivity index (χ2v) is 5.03. The van der Waals surface area contributed by atoms with Gasteiger partial charge in [-0.15, -0.1) is 0 Å². The van der Waals surface area contributed by atoms with Crippen molar-refractivity contribution in [3.05, 3.63) is 50.6 Å². The van der Waals surface area contributed by atoms with Crippen molar-refractivity contribution in [1.29, 1.82) is 0 Å². The van der Waals surface area contributed by atoms with Gasteiger partial charge in [0.1, 0.15) is 0 Å². The van der Waals surface area contributed by atoms with Gasteiger partial charge in [-0.05, 0) is 62.8 Å². The number of benzene rings is 1. The number of hydrogen-bond acceptors (Lipinski definition) is 1. The number of pyridine rings is 1. The molecule has 14 heavy (non-hydrogen) atoms. The van der Waals surface area contributed by atoms with Crippen LogP contribution in [0.25, 0.3) is 11.3 Å². The zero-order chi connectivity index (χ0) is 9.97. The lowest BCUT2D eigenvalue weighted by molar-refractivity contribution is 1.31. The Labute approximate surface area is 105 Å². The van der Waals surface area contributed by atoms with Crippen LogP contribution in [0.2, 0.25) is 0 Å². The van der Waals surface area contributed by atoms with Gasteiger partial charge in [-0.3, -0.25) is 4.98 Å². The van der Waals surface area contributed by atoms with Crippen LogP contribution in [0.1, 0.15) is 0 Å². The smallest absolute Gasteiger partial charge is 0.0702 e. The standard InChI is InChI=1S/C11H7BrIN/c12-9-3-6-11(14-7-9)8-1-4-10(13)5-2-8/h1-7H. The molecule has 0 N–H and O–H groups in total. The molecule has 1 nitrogen and oxygen atoms in total. The van der Waals surface area contributed by atoms with Crippen molar-refractivity contribution in [1.82, 2.24) is 4.98 Å². The summed E-state index contributed by atoms with van der Waals surface area (Å²) < 4.78 is 2.25. The van der Waals surface area contributed by atoms with Gasteiger partial charge in [0.05, 0.1) is 5.69 Å². The molecule has 0 saturated heterocycles. The van der Waals surface area contributed by atoms with Crippen molar-refractivity contribution in [2.45, 2.75) is 0 Å². The van der Waals surface area contributed by atoms with Crippen LogP contribution < -0.4 is 0 Å². The third-order valence-electron chi connectivity index (χ3n) is 1.87. The fourth-order valence-electron chi connectivity index (χ4n) is 1.17. The lowest BCUT2D eigenvalue weighted by Gasteiger charge is -2.00. The summed E-state index contributed by atoms with van der Waals surface area (Å²) in [5, 5.41) is 0. The molecule has 0 saturated carbocycles. The molecule has 70 valence electrons. The lowest BCUT2D eigenvalue weighted by atomic mass is 10.1. The highest BCUT2D eigenvalue weighted by Crippen LogP contribution is 2.19. The monoisotopic (exact) mass is 359 g/mol. The van der Waals surface area contributed by atoms with E-state index in [9.17, 15) is 0 Å². The summed E-state index contributed by atoms with van der Waals surface area (Å²) in [4.78, 5) is 4.33. The molecule has 0 aliphatic carbocycles. The van der Waals surface area contributed by atoms with Gasteiger partial charge in [-0.1, -0.05) is 12.1 Å². The van der Waals surface area contributed by atoms with E-state index in [4.69, 9.17) is 0 Å². The third kappa shape index (κ3) is 2.33. The number of halogens is 2. The fraction of sp³-hybridized carbons (Fsp3) is 0. The molecule has 1 heterocycles. The van der Waals surface area contributed by atoms with Crippen LogP contribution >= 0.6 is 38.5 Å². The maximum Gasteiger partial charge on any atom is 0.0702 e. The molecule has 0 spiro atoms. The van der Waals surface area contributed by atoms with Crippen molar-refractivity contribution in [2.24, 2.45) is 0 Å². The first kappa shape index (κ1) is 10.1. The van der Waals surface area contributed by atoms with E-state index in [2.05, 4.69) is 67.8 Å². The highest BCUT2D eigenvalue weighted by Gasteiger charge is 1.97. The molecular weight excluding hydrogens is 353 g/mol. The molecule has 3 heteroatoms. The summed E-state index contributed by atoms with van der Waals surface area (Å²) >= 11 is 5.66. The fourth-order valence-corrected chi connectivity index (χ4v) is 1.76. The highest BCUT2D eigenvalue weighted by atomic mass is 127. The SMILES string of the molecule is Brc1ccc(-c2ccc(I)cc2)nc1. The van der Waals surface area contributed by atoms with Crippen LogP contribution in [-0.2, 0) is 0 Å². The van der Waals surface area contributed by atoms with Crippen LogP contribution in [0.4, 0.5) is 0 Å². The van der Waals surface area contributed by atoms with Crippen LogP contribution in [0.15, 0.2) is 47.1 Å². The van der Waals surface area contributed by atoms with E-state index in [1.807, 2.05) is 18.3 Å². The van der Waals surface area contributed by atoms with Crippen LogP contribution in [0.5, 0.6) is 0 Å². The molecule has 0 aliphatic rings. The van der Waals surface area contributed by atoms with Gasteiger partial charge < -0.3 is 0 Å². The summed E-state index contributed by atoms with van der Waals surface area (Å²) in [5.41, 5.74) is 2.16. The van der Waals surface area contributed by atoms with Crippen molar-refractivity contribution >= 4 is 38.5 Å². The van der Waals surface area contributed by atoms with Crippen molar-refractivity contribution in [3.63, 3.8) is 0 Å². The molecular formula is C11H7BrIN. The molecule has 1 aromatic carbocycles. The van der Waals surface area contributed by atoms with Crippen LogP contribution in [0.3, 0.4) is 0 Å². The van der Waals surface area contributed by atoms with Gasteiger partial charge in [0.15, 0.2) is 0 Å². The maximum atomic E-state index is 4.33. The molecule has 0 atom stereocenters. The Morgan fingerprint density at radius 1 is 1.00 bits per heavy atom. The molecule has 0 radical (unpaired) electrons. The average molecular weight is 360 g/mol. The molecule has 0 unspecified atom stereocenters. The highest BCUT2D eigenvalue weighted by molar-refractivity contribution is 14.1. The Balaban J connectivity index is 2.40. The van der Waals surface area contributed by atoms with Crippen molar-refractivity contribution < 1.29 is 0 Å². The Morgan fingerprint density at radius 3 is 2.29 bits per heavy atom. The van der Waals surface area contributed by atoms with E-state index in [1.54, 1.807) is 0 Å². The molecule has 2 aromatic rings. The minimum Gasteiger partial charge on any atom is -0.255 e. The Bertz CT molecular complexity index is 379. The molecule has 0 amide bonds. The number of rotatable bonds is 1. The molecule has 0 aliphatic heterocycles. The Hall–Kier alpha value is -0.420. The molecule has 2 rings (SSSR count). The predicted molar refractivity (Wildman–Crippen MR) is 70.1 cm³/mol. The number of aromatic nitrogens is 1. The van der Waals surface area contributed by atoms with E-state index in [-0.39, 0.29) is 0 Å². The Morgan fingerprint density at radius 2 is 1.71 bits per heavy atom. The summed E-state index contributed by atoms with van der Waals surface area (Å²) in [6.45, 7) is 0. The van der Waals surface area contributed by atoms with Gasteiger partial charge in [0, 0.05) is 19.8 Å². The van der Waals surface area contributed by atoms with Gasteiger partial charge in [-0.25, -0.2) is 0 Å². The minimum atomic E-state index is 1.00. The van der Waals surface area contributed by atoms with Crippen molar-refractivity contribution in [2.75, 3.05) is 0 Å². The normalized spacial score (nSPS) is 10.1. The average Bonchev–Trinajstić information content (AvgIpc) is 2.21. The van der Waals surface area contributed by atoms with E-state index >= 15 is 0 Å². The van der Waals surface area contributed by atoms with E-state index in [0.29, 0.717) is 0 Å². The van der Waals surface area contributed by atoms with E-state index in [1.165, 1.54) is 3.57 Å². The quantitative estimate of drug-likeness (QED) is 0.698. The van der Waals surface area contributed by atoms with Crippen molar-refractivity contribution in [3.8, 4) is 11.3 Å². The van der Waals surface area contributed by atoms with E-state index in [0.717, 1.165) is 15.7 Å². The largest absolute Gasteiger partial charge is 0.255 e. The first-order valence-electron chi connectivity index (χ1n) is 4.13. The lowest BCUT2D eigenvalue weighted by Crippen LogP contribution is -1.82. The minimum absolute atomic E-state index is 1.00. The zero-order valence-corrected chi connectivity index (χ0v) is 11.0. The third-order valence-corrected chi connectivity index (χ3v) is 3.06.